The van der Waals surface area contributed by atoms with Crippen LogP contribution in [-0.4, -0.2) is 27.9 Å². The van der Waals surface area contributed by atoms with Gasteiger partial charge >= 0.3 is 0 Å². The molecule has 2 heterocycles. The van der Waals surface area contributed by atoms with Crippen LogP contribution in [0.5, 0.6) is 0 Å². The molecule has 0 radical (unpaired) electrons. The van der Waals surface area contributed by atoms with Gasteiger partial charge in [-0.1, -0.05) is 0 Å². The molecule has 0 aliphatic carbocycles. The van der Waals surface area contributed by atoms with Crippen molar-refractivity contribution in [1.82, 2.24) is 20.1 Å². The van der Waals surface area contributed by atoms with Gasteiger partial charge in [-0.05, 0) is 45.2 Å². The quantitative estimate of drug-likeness (QED) is 0.807. The minimum absolute atomic E-state index is 0.878. The molecule has 0 spiro atoms. The van der Waals surface area contributed by atoms with Gasteiger partial charge in [0.2, 0.25) is 0 Å². The number of hydrogen-bond acceptors (Lipinski definition) is 3. The summed E-state index contributed by atoms with van der Waals surface area (Å²) in [5.74, 6) is 2.90. The Morgan fingerprint density at radius 3 is 2.73 bits per heavy atom. The predicted octanol–water partition coefficient (Wildman–Crippen LogP) is 1.06. The first kappa shape index (κ1) is 10.6. The van der Waals surface area contributed by atoms with Crippen molar-refractivity contribution in [2.75, 3.05) is 13.1 Å². The topological polar surface area (TPSA) is 42.7 Å². The largest absolute Gasteiger partial charge is 0.317 e. The highest BCUT2D eigenvalue weighted by molar-refractivity contribution is 4.91. The van der Waals surface area contributed by atoms with E-state index in [0.717, 1.165) is 24.0 Å². The summed E-state index contributed by atoms with van der Waals surface area (Å²) in [5, 5.41) is 7.66. The number of nitrogens with zero attached hydrogens (tertiary/aromatic N) is 3. The van der Waals surface area contributed by atoms with Gasteiger partial charge in [-0.15, -0.1) is 0 Å². The summed E-state index contributed by atoms with van der Waals surface area (Å²) in [6.07, 6.45) is 4.96. The molecule has 0 atom stereocenters. The maximum atomic E-state index is 4.43. The number of hydrogen-bond donors (Lipinski definition) is 1. The zero-order valence-corrected chi connectivity index (χ0v) is 9.66. The standard InChI is InChI=1S/C11H20N4/c1-9-13-11(15(2)14-9)4-3-10-5-7-12-8-6-10/h10,12H,3-8H2,1-2H3. The highest BCUT2D eigenvalue weighted by atomic mass is 15.3. The normalized spacial score (nSPS) is 18.3. The molecule has 1 N–H and O–H groups in total. The molecule has 1 aliphatic rings. The summed E-state index contributed by atoms with van der Waals surface area (Å²) in [6, 6.07) is 0. The Morgan fingerprint density at radius 1 is 1.40 bits per heavy atom. The van der Waals surface area contributed by atoms with Crippen molar-refractivity contribution >= 4 is 0 Å². The van der Waals surface area contributed by atoms with Crippen LogP contribution in [0.15, 0.2) is 0 Å². The first-order valence-corrected chi connectivity index (χ1v) is 5.83. The minimum Gasteiger partial charge on any atom is -0.317 e. The summed E-state index contributed by atoms with van der Waals surface area (Å²) in [7, 11) is 1.98. The Kier molecular flexibility index (Phi) is 3.36. The smallest absolute Gasteiger partial charge is 0.147 e. The van der Waals surface area contributed by atoms with Crippen molar-refractivity contribution in [1.29, 1.82) is 0 Å². The lowest BCUT2D eigenvalue weighted by Gasteiger charge is -2.22. The number of nitrogens with one attached hydrogen (secondary N) is 1. The molecule has 0 saturated carbocycles. The molecule has 1 aromatic rings. The van der Waals surface area contributed by atoms with E-state index in [1.807, 2.05) is 18.7 Å². The maximum Gasteiger partial charge on any atom is 0.147 e. The Balaban J connectivity index is 1.84. The summed E-state index contributed by atoms with van der Waals surface area (Å²) in [6.45, 7) is 4.32. The van der Waals surface area contributed by atoms with Crippen molar-refractivity contribution in [2.24, 2.45) is 13.0 Å². The number of rotatable bonds is 3. The average molecular weight is 208 g/mol. The predicted molar refractivity (Wildman–Crippen MR) is 59.7 cm³/mol. The van der Waals surface area contributed by atoms with Gasteiger partial charge in [0.05, 0.1) is 0 Å². The van der Waals surface area contributed by atoms with Crippen LogP contribution in [0.1, 0.15) is 30.9 Å². The Hall–Kier alpha value is -0.900. The molecule has 0 amide bonds. The molecule has 84 valence electrons. The lowest BCUT2D eigenvalue weighted by molar-refractivity contribution is 0.351. The fourth-order valence-electron chi connectivity index (χ4n) is 2.28. The Bertz CT molecular complexity index is 312. The van der Waals surface area contributed by atoms with E-state index in [-0.39, 0.29) is 0 Å². The maximum absolute atomic E-state index is 4.43. The van der Waals surface area contributed by atoms with Gasteiger partial charge in [0.1, 0.15) is 11.6 Å². The first-order chi connectivity index (χ1) is 7.25. The van der Waals surface area contributed by atoms with Gasteiger partial charge < -0.3 is 5.32 Å². The molecule has 4 heteroatoms. The van der Waals surface area contributed by atoms with E-state index in [9.17, 15) is 0 Å². The molecule has 1 aliphatic heterocycles. The van der Waals surface area contributed by atoms with Crippen LogP contribution in [0.2, 0.25) is 0 Å². The molecule has 0 aromatic carbocycles. The van der Waals surface area contributed by atoms with Crippen LogP contribution >= 0.6 is 0 Å². The number of aromatic nitrogens is 3. The molecule has 1 aromatic heterocycles. The van der Waals surface area contributed by atoms with Crippen LogP contribution in [0.3, 0.4) is 0 Å². The Morgan fingerprint density at radius 2 is 2.13 bits per heavy atom. The van der Waals surface area contributed by atoms with Crippen LogP contribution in [0.4, 0.5) is 0 Å². The third kappa shape index (κ3) is 2.78. The lowest BCUT2D eigenvalue weighted by atomic mass is 9.93. The molecular weight excluding hydrogens is 188 g/mol. The van der Waals surface area contributed by atoms with Gasteiger partial charge in [0.15, 0.2) is 0 Å². The second-order valence-electron chi connectivity index (χ2n) is 4.43. The monoisotopic (exact) mass is 208 g/mol. The van der Waals surface area contributed by atoms with E-state index in [1.165, 1.54) is 32.4 Å². The van der Waals surface area contributed by atoms with Crippen molar-refractivity contribution in [3.63, 3.8) is 0 Å². The SMILES string of the molecule is Cc1nc(CCC2CCNCC2)n(C)n1. The van der Waals surface area contributed by atoms with E-state index in [2.05, 4.69) is 15.4 Å². The Labute approximate surface area is 91.1 Å². The summed E-state index contributed by atoms with van der Waals surface area (Å²) < 4.78 is 1.91. The fourth-order valence-corrected chi connectivity index (χ4v) is 2.28. The minimum atomic E-state index is 0.878. The summed E-state index contributed by atoms with van der Waals surface area (Å²) in [4.78, 5) is 4.43. The van der Waals surface area contributed by atoms with Crippen LogP contribution in [0, 0.1) is 12.8 Å². The van der Waals surface area contributed by atoms with E-state index in [1.54, 1.807) is 0 Å². The second kappa shape index (κ2) is 4.75. The lowest BCUT2D eigenvalue weighted by Crippen LogP contribution is -2.28. The molecule has 2 rings (SSSR count). The second-order valence-corrected chi connectivity index (χ2v) is 4.43. The van der Waals surface area contributed by atoms with Gasteiger partial charge in [-0.3, -0.25) is 4.68 Å². The van der Waals surface area contributed by atoms with Crippen LogP contribution in [0.25, 0.3) is 0 Å². The molecule has 1 saturated heterocycles. The van der Waals surface area contributed by atoms with E-state index >= 15 is 0 Å². The fraction of sp³-hybridized carbons (Fsp3) is 0.818. The molecule has 0 bridgehead atoms. The summed E-state index contributed by atoms with van der Waals surface area (Å²) >= 11 is 0. The molecule has 0 unspecified atom stereocenters. The highest BCUT2D eigenvalue weighted by Crippen LogP contribution is 2.17. The number of piperidine rings is 1. The van der Waals surface area contributed by atoms with Crippen molar-refractivity contribution in [3.8, 4) is 0 Å². The van der Waals surface area contributed by atoms with Crippen molar-refractivity contribution in [2.45, 2.75) is 32.6 Å². The molecule has 15 heavy (non-hydrogen) atoms. The third-order valence-electron chi connectivity index (χ3n) is 3.19. The van der Waals surface area contributed by atoms with E-state index in [4.69, 9.17) is 0 Å². The van der Waals surface area contributed by atoms with Crippen LogP contribution in [-0.2, 0) is 13.5 Å². The zero-order valence-electron chi connectivity index (χ0n) is 9.66. The van der Waals surface area contributed by atoms with Gasteiger partial charge in [0.25, 0.3) is 0 Å². The van der Waals surface area contributed by atoms with Gasteiger partial charge in [-0.25, -0.2) is 4.98 Å². The molecular formula is C11H20N4. The number of aryl methyl sites for hydroxylation is 3. The third-order valence-corrected chi connectivity index (χ3v) is 3.19. The molecule has 1 fully saturated rings. The van der Waals surface area contributed by atoms with Crippen molar-refractivity contribution < 1.29 is 0 Å². The van der Waals surface area contributed by atoms with Gasteiger partial charge in [0, 0.05) is 13.5 Å². The van der Waals surface area contributed by atoms with Crippen LogP contribution < -0.4 is 5.32 Å². The highest BCUT2D eigenvalue weighted by Gasteiger charge is 2.14. The zero-order chi connectivity index (χ0) is 10.7. The van der Waals surface area contributed by atoms with E-state index in [0.29, 0.717) is 0 Å². The van der Waals surface area contributed by atoms with E-state index < -0.39 is 0 Å². The van der Waals surface area contributed by atoms with Gasteiger partial charge in [-0.2, -0.15) is 5.10 Å². The average Bonchev–Trinajstić information content (AvgIpc) is 2.56. The molecule has 4 nitrogen and oxygen atoms in total. The van der Waals surface area contributed by atoms with Crippen molar-refractivity contribution in [3.05, 3.63) is 11.6 Å². The summed E-state index contributed by atoms with van der Waals surface area (Å²) in [5.41, 5.74) is 0. The first-order valence-electron chi connectivity index (χ1n) is 5.83.